The van der Waals surface area contributed by atoms with Crippen LogP contribution < -0.4 is 10.1 Å². The first-order valence-corrected chi connectivity index (χ1v) is 12.2. The van der Waals surface area contributed by atoms with E-state index in [0.717, 1.165) is 49.4 Å². The first-order chi connectivity index (χ1) is 15.9. The molecule has 0 fully saturated rings. The number of aromatic nitrogens is 3. The lowest BCUT2D eigenvalue weighted by atomic mass is 10.1. The molecule has 0 spiro atoms. The van der Waals surface area contributed by atoms with Gasteiger partial charge in [-0.05, 0) is 68.3 Å². The van der Waals surface area contributed by atoms with Crippen LogP contribution in [0, 0.1) is 20.8 Å². The zero-order valence-corrected chi connectivity index (χ0v) is 20.5. The van der Waals surface area contributed by atoms with Gasteiger partial charge in [0.15, 0.2) is 0 Å². The second-order valence-electron chi connectivity index (χ2n) is 7.64. The van der Waals surface area contributed by atoms with Crippen LogP contribution in [0.25, 0.3) is 21.1 Å². The number of anilines is 1. The molecule has 1 amide bonds. The zero-order valence-electron chi connectivity index (χ0n) is 18.9. The van der Waals surface area contributed by atoms with Crippen molar-refractivity contribution in [1.82, 2.24) is 15.2 Å². The number of rotatable bonds is 7. The molecule has 4 aromatic rings. The Kier molecular flexibility index (Phi) is 7.05. The topological polar surface area (TPSA) is 77.0 Å². The van der Waals surface area contributed by atoms with Gasteiger partial charge in [-0.2, -0.15) is 0 Å². The van der Waals surface area contributed by atoms with Gasteiger partial charge >= 0.3 is 0 Å². The van der Waals surface area contributed by atoms with Gasteiger partial charge in [0.1, 0.15) is 21.5 Å². The van der Waals surface area contributed by atoms with Crippen LogP contribution in [0.5, 0.6) is 5.75 Å². The first-order valence-electron chi connectivity index (χ1n) is 10.4. The number of thiazole rings is 1. The summed E-state index contributed by atoms with van der Waals surface area (Å²) in [6.45, 7) is 6.00. The minimum Gasteiger partial charge on any atom is -0.497 e. The van der Waals surface area contributed by atoms with Crippen LogP contribution >= 0.6 is 23.1 Å². The summed E-state index contributed by atoms with van der Waals surface area (Å²) in [5.74, 6) is 0.988. The van der Waals surface area contributed by atoms with E-state index in [4.69, 9.17) is 9.72 Å². The molecule has 4 rings (SSSR count). The molecule has 0 aliphatic rings. The number of carbonyl (C=O) groups is 1. The van der Waals surface area contributed by atoms with E-state index in [-0.39, 0.29) is 11.7 Å². The van der Waals surface area contributed by atoms with Crippen molar-refractivity contribution in [1.29, 1.82) is 0 Å². The number of benzene rings is 2. The molecule has 2 heterocycles. The van der Waals surface area contributed by atoms with E-state index in [2.05, 4.69) is 21.6 Å². The molecular formula is C25H24N4O2S2. The second-order valence-corrected chi connectivity index (χ2v) is 9.63. The fourth-order valence-electron chi connectivity index (χ4n) is 3.42. The standard InChI is InChI=1S/C25H24N4O2S2/c1-15-10-16(2)12-19(11-15)27-22(30)14-32-23-9-8-21(28-29-23)24-17(3)26-25(33-24)18-6-5-7-20(13-18)31-4/h5-13H,14H2,1-4H3,(H,27,30). The highest BCUT2D eigenvalue weighted by Gasteiger charge is 2.14. The molecule has 1 N–H and O–H groups in total. The van der Waals surface area contributed by atoms with Gasteiger partial charge in [-0.25, -0.2) is 4.98 Å². The lowest BCUT2D eigenvalue weighted by Crippen LogP contribution is -2.14. The van der Waals surface area contributed by atoms with Gasteiger partial charge in [0, 0.05) is 11.3 Å². The molecule has 6 nitrogen and oxygen atoms in total. The molecule has 0 atom stereocenters. The van der Waals surface area contributed by atoms with Crippen molar-refractivity contribution >= 4 is 34.7 Å². The van der Waals surface area contributed by atoms with Crippen LogP contribution in [-0.2, 0) is 4.79 Å². The summed E-state index contributed by atoms with van der Waals surface area (Å²) in [4.78, 5) is 18.0. The average molecular weight is 477 g/mol. The van der Waals surface area contributed by atoms with E-state index in [9.17, 15) is 4.79 Å². The quantitative estimate of drug-likeness (QED) is 0.333. The van der Waals surface area contributed by atoms with E-state index in [0.29, 0.717) is 5.03 Å². The molecule has 2 aromatic carbocycles. The Bertz CT molecular complexity index is 1270. The molecule has 0 aliphatic heterocycles. The van der Waals surface area contributed by atoms with E-state index in [1.807, 2.05) is 69.3 Å². The molecule has 0 unspecified atom stereocenters. The summed E-state index contributed by atoms with van der Waals surface area (Å²) in [6.07, 6.45) is 0. The fraction of sp³-hybridized carbons (Fsp3) is 0.200. The smallest absolute Gasteiger partial charge is 0.234 e. The van der Waals surface area contributed by atoms with Gasteiger partial charge in [0.05, 0.1) is 23.4 Å². The van der Waals surface area contributed by atoms with E-state index in [1.54, 1.807) is 18.4 Å². The number of amides is 1. The number of hydrogen-bond acceptors (Lipinski definition) is 7. The third kappa shape index (κ3) is 5.77. The maximum Gasteiger partial charge on any atom is 0.234 e. The molecule has 0 saturated heterocycles. The van der Waals surface area contributed by atoms with Crippen LogP contribution in [-0.4, -0.2) is 34.0 Å². The number of carbonyl (C=O) groups excluding carboxylic acids is 1. The van der Waals surface area contributed by atoms with E-state index in [1.165, 1.54) is 11.8 Å². The van der Waals surface area contributed by atoms with Crippen molar-refractivity contribution in [3.05, 3.63) is 71.4 Å². The number of nitrogens with zero attached hydrogens (tertiary/aromatic N) is 3. The molecule has 0 radical (unpaired) electrons. The number of thioether (sulfide) groups is 1. The van der Waals surface area contributed by atoms with Gasteiger partial charge < -0.3 is 10.1 Å². The summed E-state index contributed by atoms with van der Waals surface area (Å²) in [5.41, 5.74) is 5.72. The third-order valence-electron chi connectivity index (χ3n) is 4.84. The van der Waals surface area contributed by atoms with Crippen LogP contribution in [0.2, 0.25) is 0 Å². The maximum atomic E-state index is 12.3. The molecule has 0 bridgehead atoms. The Morgan fingerprint density at radius 1 is 1.03 bits per heavy atom. The number of hydrogen-bond donors (Lipinski definition) is 1. The van der Waals surface area contributed by atoms with Crippen molar-refractivity contribution in [2.75, 3.05) is 18.2 Å². The van der Waals surface area contributed by atoms with Crippen molar-refractivity contribution in [3.8, 4) is 26.9 Å². The summed E-state index contributed by atoms with van der Waals surface area (Å²) in [7, 11) is 1.65. The molecule has 2 aromatic heterocycles. The minimum absolute atomic E-state index is 0.0721. The number of nitrogens with one attached hydrogen (secondary N) is 1. The molecule has 0 aliphatic carbocycles. The van der Waals surface area contributed by atoms with E-state index < -0.39 is 0 Å². The van der Waals surface area contributed by atoms with Crippen molar-refractivity contribution in [3.63, 3.8) is 0 Å². The normalized spacial score (nSPS) is 10.8. The Labute approximate surface area is 201 Å². The van der Waals surface area contributed by atoms with Gasteiger partial charge in [0.2, 0.25) is 5.91 Å². The number of ether oxygens (including phenoxy) is 1. The Morgan fingerprint density at radius 3 is 2.52 bits per heavy atom. The number of aryl methyl sites for hydroxylation is 3. The fourth-order valence-corrected chi connectivity index (χ4v) is 5.06. The van der Waals surface area contributed by atoms with Gasteiger partial charge in [-0.3, -0.25) is 4.79 Å². The Balaban J connectivity index is 1.41. The second kappa shape index (κ2) is 10.1. The van der Waals surface area contributed by atoms with Gasteiger partial charge in [0.25, 0.3) is 0 Å². The highest BCUT2D eigenvalue weighted by atomic mass is 32.2. The third-order valence-corrected chi connectivity index (χ3v) is 6.99. The van der Waals surface area contributed by atoms with Crippen molar-refractivity contribution < 1.29 is 9.53 Å². The van der Waals surface area contributed by atoms with Gasteiger partial charge in [-0.15, -0.1) is 21.5 Å². The monoisotopic (exact) mass is 476 g/mol. The Hall–Kier alpha value is -3.23. The minimum atomic E-state index is -0.0721. The van der Waals surface area contributed by atoms with Crippen molar-refractivity contribution in [2.24, 2.45) is 0 Å². The summed E-state index contributed by atoms with van der Waals surface area (Å²) >= 11 is 2.93. The summed E-state index contributed by atoms with van der Waals surface area (Å²) in [6, 6.07) is 17.7. The highest BCUT2D eigenvalue weighted by Crippen LogP contribution is 2.35. The van der Waals surface area contributed by atoms with Crippen LogP contribution in [0.1, 0.15) is 16.8 Å². The SMILES string of the molecule is COc1cccc(-c2nc(C)c(-c3ccc(SCC(=O)Nc4cc(C)cc(C)c4)nn3)s2)c1. The predicted octanol–water partition coefficient (Wildman–Crippen LogP) is 5.93. The lowest BCUT2D eigenvalue weighted by Gasteiger charge is -2.07. The van der Waals surface area contributed by atoms with Crippen LogP contribution in [0.15, 0.2) is 59.6 Å². The molecule has 168 valence electrons. The molecular weight excluding hydrogens is 452 g/mol. The zero-order chi connectivity index (χ0) is 23.4. The first kappa shape index (κ1) is 22.9. The largest absolute Gasteiger partial charge is 0.497 e. The molecule has 0 saturated carbocycles. The number of methoxy groups -OCH3 is 1. The van der Waals surface area contributed by atoms with Crippen LogP contribution in [0.3, 0.4) is 0 Å². The van der Waals surface area contributed by atoms with Crippen molar-refractivity contribution in [2.45, 2.75) is 25.8 Å². The molecule has 33 heavy (non-hydrogen) atoms. The summed E-state index contributed by atoms with van der Waals surface area (Å²) < 4.78 is 5.32. The predicted molar refractivity (Wildman–Crippen MR) is 135 cm³/mol. The molecule has 8 heteroatoms. The highest BCUT2D eigenvalue weighted by molar-refractivity contribution is 7.99. The Morgan fingerprint density at radius 2 is 1.82 bits per heavy atom. The van der Waals surface area contributed by atoms with Crippen LogP contribution in [0.4, 0.5) is 5.69 Å². The van der Waals surface area contributed by atoms with E-state index >= 15 is 0 Å². The van der Waals surface area contributed by atoms with Gasteiger partial charge in [-0.1, -0.05) is 30.0 Å². The maximum absolute atomic E-state index is 12.3. The lowest BCUT2D eigenvalue weighted by molar-refractivity contribution is -0.113. The summed E-state index contributed by atoms with van der Waals surface area (Å²) in [5, 5.41) is 13.2. The average Bonchev–Trinajstić information content (AvgIpc) is 3.19.